The van der Waals surface area contributed by atoms with Gasteiger partial charge in [0.15, 0.2) is 0 Å². The fourth-order valence-electron chi connectivity index (χ4n) is 4.89. The predicted molar refractivity (Wildman–Crippen MR) is 145 cm³/mol. The van der Waals surface area contributed by atoms with E-state index in [1.165, 1.54) is 41.9 Å². The number of aromatic nitrogens is 1. The average Bonchev–Trinajstić information content (AvgIpc) is 3.16. The standard InChI is InChI=1S/C29H29GeNS/c1-19(2)26-18-22(17-21-11-9-10-14-25(21)26)27-28-24(15-16-31-27)20(3)29(32-28)30(4,5)23-12-7-6-8-13-23/h6-19H,1-5H3. The molecule has 0 unspecified atom stereocenters. The molecule has 0 aliphatic heterocycles. The van der Waals surface area contributed by atoms with Gasteiger partial charge in [-0.15, -0.1) is 0 Å². The van der Waals surface area contributed by atoms with E-state index in [-0.39, 0.29) is 0 Å². The summed E-state index contributed by atoms with van der Waals surface area (Å²) in [4.78, 5) is 4.92. The fraction of sp³-hybridized carbons (Fsp3) is 0.207. The van der Waals surface area contributed by atoms with Crippen LogP contribution in [0.15, 0.2) is 79.0 Å². The number of hydrogen-bond donors (Lipinski definition) is 0. The maximum atomic E-state index is 4.92. The molecule has 0 amide bonds. The number of fused-ring (bicyclic) bond motifs is 2. The SMILES string of the molecule is Cc1[c]([Ge]([CH3])([CH3])[c]2ccccc2)sc2c(-c3cc(C(C)C)c4ccccc4c3)nccc12. The molecule has 0 spiro atoms. The zero-order valence-electron chi connectivity index (χ0n) is 19.4. The number of hydrogen-bond acceptors (Lipinski definition) is 2. The fourth-order valence-corrected chi connectivity index (χ4v) is 14.0. The molecule has 1 nitrogen and oxygen atoms in total. The van der Waals surface area contributed by atoms with Crippen molar-refractivity contribution < 1.29 is 0 Å². The van der Waals surface area contributed by atoms with Crippen molar-refractivity contribution in [2.75, 3.05) is 0 Å². The summed E-state index contributed by atoms with van der Waals surface area (Å²) in [5, 5.41) is 4.01. The van der Waals surface area contributed by atoms with Gasteiger partial charge in [-0.05, 0) is 0 Å². The van der Waals surface area contributed by atoms with Crippen molar-refractivity contribution >= 4 is 53.6 Å². The molecule has 0 fully saturated rings. The van der Waals surface area contributed by atoms with Gasteiger partial charge in [-0.3, -0.25) is 0 Å². The van der Waals surface area contributed by atoms with Crippen LogP contribution in [0, 0.1) is 6.92 Å². The van der Waals surface area contributed by atoms with E-state index >= 15 is 0 Å². The summed E-state index contributed by atoms with van der Waals surface area (Å²) in [6.07, 6.45) is 1.99. The molecule has 5 aromatic rings. The van der Waals surface area contributed by atoms with Gasteiger partial charge in [0.05, 0.1) is 0 Å². The van der Waals surface area contributed by atoms with Crippen molar-refractivity contribution in [2.45, 2.75) is 38.2 Å². The number of pyridine rings is 1. The van der Waals surface area contributed by atoms with Crippen LogP contribution in [0.3, 0.4) is 0 Å². The normalized spacial score (nSPS) is 12.2. The Morgan fingerprint density at radius 2 is 1.56 bits per heavy atom. The van der Waals surface area contributed by atoms with E-state index in [0.29, 0.717) is 5.92 Å². The van der Waals surface area contributed by atoms with Gasteiger partial charge in [0.2, 0.25) is 0 Å². The summed E-state index contributed by atoms with van der Waals surface area (Å²) in [6.45, 7) is 6.87. The third kappa shape index (κ3) is 3.50. The van der Waals surface area contributed by atoms with Gasteiger partial charge in [-0.2, -0.15) is 0 Å². The molecular weight excluding hydrogens is 467 g/mol. The molecule has 3 heteroatoms. The molecule has 3 aromatic carbocycles. The van der Waals surface area contributed by atoms with Crippen LogP contribution in [0.1, 0.15) is 30.9 Å². The number of thiophene rings is 1. The molecule has 32 heavy (non-hydrogen) atoms. The summed E-state index contributed by atoms with van der Waals surface area (Å²) >= 11 is -0.407. The number of rotatable bonds is 4. The molecular formula is C29H29GeNS. The summed E-state index contributed by atoms with van der Waals surface area (Å²) in [7, 11) is 0. The molecule has 0 N–H and O–H groups in total. The molecule has 0 aliphatic carbocycles. The first kappa shape index (κ1) is 21.4. The first-order chi connectivity index (χ1) is 15.4. The van der Waals surface area contributed by atoms with Crippen LogP contribution < -0.4 is 8.11 Å². The van der Waals surface area contributed by atoms with Crippen molar-refractivity contribution in [1.29, 1.82) is 0 Å². The number of aryl methyl sites for hydroxylation is 1. The van der Waals surface area contributed by atoms with Crippen molar-refractivity contribution in [3.63, 3.8) is 0 Å². The molecule has 0 bridgehead atoms. The molecule has 0 saturated heterocycles. The second-order valence-electron chi connectivity index (χ2n) is 9.52. The van der Waals surface area contributed by atoms with Crippen LogP contribution in [-0.2, 0) is 0 Å². The van der Waals surface area contributed by atoms with Crippen LogP contribution in [0.4, 0.5) is 0 Å². The molecule has 2 heterocycles. The Morgan fingerprint density at radius 3 is 2.31 bits per heavy atom. The molecule has 0 atom stereocenters. The van der Waals surface area contributed by atoms with Gasteiger partial charge in [-0.1, -0.05) is 0 Å². The van der Waals surface area contributed by atoms with Crippen LogP contribution >= 0.6 is 11.3 Å². The van der Waals surface area contributed by atoms with E-state index in [0.717, 1.165) is 5.69 Å². The molecule has 0 aliphatic rings. The summed E-state index contributed by atoms with van der Waals surface area (Å²) in [5.41, 5.74) is 5.21. The average molecular weight is 496 g/mol. The monoisotopic (exact) mass is 497 g/mol. The molecule has 160 valence electrons. The quantitative estimate of drug-likeness (QED) is 0.237. The zero-order valence-corrected chi connectivity index (χ0v) is 22.4. The topological polar surface area (TPSA) is 12.9 Å². The van der Waals surface area contributed by atoms with Crippen LogP contribution in [0.5, 0.6) is 0 Å². The van der Waals surface area contributed by atoms with Crippen LogP contribution in [0.2, 0.25) is 11.5 Å². The zero-order chi connectivity index (χ0) is 22.5. The Labute approximate surface area is 197 Å². The van der Waals surface area contributed by atoms with Crippen molar-refractivity contribution in [3.05, 3.63) is 90.1 Å². The Morgan fingerprint density at radius 1 is 0.844 bits per heavy atom. The van der Waals surface area contributed by atoms with Crippen molar-refractivity contribution in [3.8, 4) is 11.3 Å². The van der Waals surface area contributed by atoms with Gasteiger partial charge >= 0.3 is 198 Å². The van der Waals surface area contributed by atoms with Crippen molar-refractivity contribution in [1.82, 2.24) is 4.98 Å². The Hall–Kier alpha value is -2.43. The Balaban J connectivity index is 1.75. The number of benzene rings is 3. The van der Waals surface area contributed by atoms with E-state index in [9.17, 15) is 0 Å². The summed E-state index contributed by atoms with van der Waals surface area (Å²) in [5.74, 6) is 5.51. The predicted octanol–water partition coefficient (Wildman–Crippen LogP) is 7.37. The second kappa shape index (κ2) is 8.17. The summed E-state index contributed by atoms with van der Waals surface area (Å²) < 4.78 is 4.47. The third-order valence-electron chi connectivity index (χ3n) is 6.71. The first-order valence-electron chi connectivity index (χ1n) is 11.3. The second-order valence-corrected chi connectivity index (χ2v) is 20.4. The number of nitrogens with zero attached hydrogens (tertiary/aromatic N) is 1. The third-order valence-corrected chi connectivity index (χ3v) is 18.0. The first-order valence-corrected chi connectivity index (χ1v) is 18.5. The molecule has 0 radical (unpaired) electrons. The van der Waals surface area contributed by atoms with E-state index in [4.69, 9.17) is 4.98 Å². The van der Waals surface area contributed by atoms with E-state index < -0.39 is 13.3 Å². The van der Waals surface area contributed by atoms with E-state index in [2.05, 4.69) is 105 Å². The van der Waals surface area contributed by atoms with Gasteiger partial charge in [-0.25, -0.2) is 0 Å². The van der Waals surface area contributed by atoms with Crippen molar-refractivity contribution in [2.24, 2.45) is 0 Å². The Bertz CT molecular complexity index is 1430. The van der Waals surface area contributed by atoms with Gasteiger partial charge in [0.25, 0.3) is 0 Å². The summed E-state index contributed by atoms with van der Waals surface area (Å²) in [6, 6.07) is 26.8. The van der Waals surface area contributed by atoms with E-state index in [1.807, 2.05) is 17.5 Å². The van der Waals surface area contributed by atoms with Crippen LogP contribution in [0.25, 0.3) is 32.1 Å². The minimum atomic E-state index is -2.40. The Kier molecular flexibility index (Phi) is 5.47. The maximum absolute atomic E-state index is 4.92. The van der Waals surface area contributed by atoms with Gasteiger partial charge in [0, 0.05) is 0 Å². The molecule has 2 aromatic heterocycles. The van der Waals surface area contributed by atoms with Gasteiger partial charge in [0.1, 0.15) is 0 Å². The minimum absolute atomic E-state index is 0.465. The van der Waals surface area contributed by atoms with Gasteiger partial charge < -0.3 is 0 Å². The molecule has 0 saturated carbocycles. The molecule has 5 rings (SSSR count). The van der Waals surface area contributed by atoms with Crippen LogP contribution in [-0.4, -0.2) is 18.3 Å². The van der Waals surface area contributed by atoms with E-state index in [1.54, 1.807) is 3.71 Å².